The Bertz CT molecular complexity index is 497. The van der Waals surface area contributed by atoms with Gasteiger partial charge in [0.2, 0.25) is 0 Å². The molecule has 2 amide bonds. The Balaban J connectivity index is 2.07. The summed E-state index contributed by atoms with van der Waals surface area (Å²) in [5, 5.41) is 7.37. The number of carbonyl (C=O) groups excluding carboxylic acids is 1. The molecule has 0 spiro atoms. The molecule has 5 nitrogen and oxygen atoms in total. The molecule has 1 aliphatic heterocycles. The molecule has 3 N–H and O–H groups in total. The molecular weight excluding hydrogens is 252 g/mol. The monoisotopic (exact) mass is 274 g/mol. The SMILES string of the molecule is CC1CCCN(C(=O)N(C)c2ccc(C(=N)N)cc2)C1. The first-order valence-electron chi connectivity index (χ1n) is 6.96. The average Bonchev–Trinajstić information content (AvgIpc) is 2.46. The summed E-state index contributed by atoms with van der Waals surface area (Å²) in [4.78, 5) is 16.0. The third kappa shape index (κ3) is 3.10. The molecule has 0 aromatic heterocycles. The summed E-state index contributed by atoms with van der Waals surface area (Å²) >= 11 is 0. The van der Waals surface area contributed by atoms with E-state index >= 15 is 0 Å². The Kier molecular flexibility index (Phi) is 4.27. The summed E-state index contributed by atoms with van der Waals surface area (Å²) in [6.45, 7) is 3.84. The van der Waals surface area contributed by atoms with E-state index in [0.717, 1.165) is 25.2 Å². The van der Waals surface area contributed by atoms with Crippen molar-refractivity contribution in [3.05, 3.63) is 29.8 Å². The van der Waals surface area contributed by atoms with E-state index in [1.165, 1.54) is 6.42 Å². The minimum absolute atomic E-state index is 0.0344. The molecule has 5 heteroatoms. The van der Waals surface area contributed by atoms with Gasteiger partial charge in [-0.3, -0.25) is 10.3 Å². The number of benzene rings is 1. The highest BCUT2D eigenvalue weighted by atomic mass is 16.2. The number of hydrogen-bond acceptors (Lipinski definition) is 2. The van der Waals surface area contributed by atoms with E-state index in [-0.39, 0.29) is 11.9 Å². The van der Waals surface area contributed by atoms with Crippen molar-refractivity contribution < 1.29 is 4.79 Å². The molecule has 0 radical (unpaired) electrons. The highest BCUT2D eigenvalue weighted by Gasteiger charge is 2.24. The first-order chi connectivity index (χ1) is 9.49. The van der Waals surface area contributed by atoms with Crippen LogP contribution in [0.3, 0.4) is 0 Å². The molecular formula is C15H22N4O. The molecule has 1 aliphatic rings. The zero-order valence-corrected chi connectivity index (χ0v) is 12.1. The van der Waals surface area contributed by atoms with Gasteiger partial charge >= 0.3 is 6.03 Å². The molecule has 0 bridgehead atoms. The standard InChI is InChI=1S/C15H22N4O/c1-11-4-3-9-19(10-11)15(20)18(2)13-7-5-12(6-8-13)14(16)17/h5-8,11H,3-4,9-10H2,1-2H3,(H3,16,17). The molecule has 1 aromatic carbocycles. The van der Waals surface area contributed by atoms with Crippen LogP contribution in [0.2, 0.25) is 0 Å². The third-order valence-electron chi connectivity index (χ3n) is 3.78. The van der Waals surface area contributed by atoms with E-state index in [4.69, 9.17) is 11.1 Å². The fraction of sp³-hybridized carbons (Fsp3) is 0.467. The van der Waals surface area contributed by atoms with Gasteiger partial charge in [-0.05, 0) is 43.0 Å². The highest BCUT2D eigenvalue weighted by Crippen LogP contribution is 2.20. The van der Waals surface area contributed by atoms with Gasteiger partial charge in [0.1, 0.15) is 5.84 Å². The predicted molar refractivity (Wildman–Crippen MR) is 81.2 cm³/mol. The second-order valence-corrected chi connectivity index (χ2v) is 5.50. The molecule has 1 heterocycles. The number of amidine groups is 1. The van der Waals surface area contributed by atoms with Gasteiger partial charge in [-0.15, -0.1) is 0 Å². The molecule has 0 aliphatic carbocycles. The van der Waals surface area contributed by atoms with Crippen LogP contribution >= 0.6 is 0 Å². The largest absolute Gasteiger partial charge is 0.384 e. The normalized spacial score (nSPS) is 18.7. The second kappa shape index (κ2) is 5.94. The van der Waals surface area contributed by atoms with Crippen molar-refractivity contribution in [1.29, 1.82) is 5.41 Å². The van der Waals surface area contributed by atoms with Gasteiger partial charge in [0.15, 0.2) is 0 Å². The maximum atomic E-state index is 12.4. The lowest BCUT2D eigenvalue weighted by molar-refractivity contribution is 0.177. The summed E-state index contributed by atoms with van der Waals surface area (Å²) in [5.41, 5.74) is 6.91. The fourth-order valence-corrected chi connectivity index (χ4v) is 2.55. The molecule has 2 rings (SSSR count). The van der Waals surface area contributed by atoms with E-state index in [1.807, 2.05) is 17.0 Å². The lowest BCUT2D eigenvalue weighted by atomic mass is 10.0. The number of carbonyl (C=O) groups is 1. The quantitative estimate of drug-likeness (QED) is 0.641. The number of nitrogens with zero attached hydrogens (tertiary/aromatic N) is 2. The Morgan fingerprint density at radius 1 is 1.40 bits per heavy atom. The lowest BCUT2D eigenvalue weighted by Gasteiger charge is -2.34. The van der Waals surface area contributed by atoms with Crippen LogP contribution in [0.15, 0.2) is 24.3 Å². The second-order valence-electron chi connectivity index (χ2n) is 5.50. The smallest absolute Gasteiger partial charge is 0.324 e. The molecule has 108 valence electrons. The summed E-state index contributed by atoms with van der Waals surface area (Å²) in [6.07, 6.45) is 2.27. The van der Waals surface area contributed by atoms with Gasteiger partial charge in [-0.2, -0.15) is 0 Å². The number of nitrogens with one attached hydrogen (secondary N) is 1. The molecule has 1 aromatic rings. The van der Waals surface area contributed by atoms with E-state index < -0.39 is 0 Å². The molecule has 1 unspecified atom stereocenters. The molecule has 1 atom stereocenters. The first kappa shape index (κ1) is 14.4. The van der Waals surface area contributed by atoms with Crippen molar-refractivity contribution in [3.8, 4) is 0 Å². The van der Waals surface area contributed by atoms with Crippen LogP contribution < -0.4 is 10.6 Å². The van der Waals surface area contributed by atoms with Crippen molar-refractivity contribution in [2.45, 2.75) is 19.8 Å². The zero-order chi connectivity index (χ0) is 14.7. The zero-order valence-electron chi connectivity index (χ0n) is 12.1. The van der Waals surface area contributed by atoms with E-state index in [2.05, 4.69) is 6.92 Å². The summed E-state index contributed by atoms with van der Waals surface area (Å²) < 4.78 is 0. The number of hydrogen-bond donors (Lipinski definition) is 2. The third-order valence-corrected chi connectivity index (χ3v) is 3.78. The summed E-state index contributed by atoms with van der Waals surface area (Å²) in [6, 6.07) is 7.21. The van der Waals surface area contributed by atoms with Crippen LogP contribution in [0.4, 0.5) is 10.5 Å². The van der Waals surface area contributed by atoms with Gasteiger partial charge in [-0.25, -0.2) is 4.79 Å². The number of amides is 2. The molecule has 0 saturated carbocycles. The number of urea groups is 1. The van der Waals surface area contributed by atoms with Crippen molar-refractivity contribution in [3.63, 3.8) is 0 Å². The van der Waals surface area contributed by atoms with Gasteiger partial charge in [-0.1, -0.05) is 6.92 Å². The van der Waals surface area contributed by atoms with E-state index in [9.17, 15) is 4.79 Å². The molecule has 1 fully saturated rings. The molecule has 20 heavy (non-hydrogen) atoms. The number of nitrogens with two attached hydrogens (primary N) is 1. The molecule has 1 saturated heterocycles. The number of likely N-dealkylation sites (tertiary alicyclic amines) is 1. The number of anilines is 1. The lowest BCUT2D eigenvalue weighted by Crippen LogP contribution is -2.45. The van der Waals surface area contributed by atoms with Gasteiger partial charge in [0, 0.05) is 31.4 Å². The fourth-order valence-electron chi connectivity index (χ4n) is 2.55. The maximum Gasteiger partial charge on any atom is 0.324 e. The minimum atomic E-state index is 0.0344. The highest BCUT2D eigenvalue weighted by molar-refractivity contribution is 5.96. The number of rotatable bonds is 2. The van der Waals surface area contributed by atoms with Crippen LogP contribution in [-0.2, 0) is 0 Å². The van der Waals surface area contributed by atoms with Crippen LogP contribution in [0.1, 0.15) is 25.3 Å². The summed E-state index contributed by atoms with van der Waals surface area (Å²) in [7, 11) is 1.78. The number of piperidine rings is 1. The van der Waals surface area contributed by atoms with Gasteiger partial charge < -0.3 is 10.6 Å². The van der Waals surface area contributed by atoms with Crippen LogP contribution in [-0.4, -0.2) is 36.9 Å². The van der Waals surface area contributed by atoms with Gasteiger partial charge in [0.25, 0.3) is 0 Å². The minimum Gasteiger partial charge on any atom is -0.384 e. The Morgan fingerprint density at radius 2 is 2.05 bits per heavy atom. The summed E-state index contributed by atoms with van der Waals surface area (Å²) in [5.74, 6) is 0.608. The first-order valence-corrected chi connectivity index (χ1v) is 6.96. The van der Waals surface area contributed by atoms with E-state index in [0.29, 0.717) is 11.5 Å². The van der Waals surface area contributed by atoms with Crippen LogP contribution in [0.5, 0.6) is 0 Å². The van der Waals surface area contributed by atoms with Crippen molar-refractivity contribution >= 4 is 17.6 Å². The van der Waals surface area contributed by atoms with Crippen molar-refractivity contribution in [1.82, 2.24) is 4.90 Å². The predicted octanol–water partition coefficient (Wildman–Crippen LogP) is 2.26. The van der Waals surface area contributed by atoms with E-state index in [1.54, 1.807) is 24.1 Å². The average molecular weight is 274 g/mol. The Hall–Kier alpha value is -2.04. The maximum absolute atomic E-state index is 12.4. The van der Waals surface area contributed by atoms with Crippen molar-refractivity contribution in [2.75, 3.05) is 25.0 Å². The topological polar surface area (TPSA) is 73.4 Å². The number of nitrogen functional groups attached to an aromatic ring is 1. The van der Waals surface area contributed by atoms with Crippen molar-refractivity contribution in [2.24, 2.45) is 11.7 Å². The Labute approximate surface area is 119 Å². The van der Waals surface area contributed by atoms with Crippen LogP contribution in [0.25, 0.3) is 0 Å². The van der Waals surface area contributed by atoms with Crippen LogP contribution in [0, 0.1) is 11.3 Å². The Morgan fingerprint density at radius 3 is 2.60 bits per heavy atom. The van der Waals surface area contributed by atoms with Gasteiger partial charge in [0.05, 0.1) is 0 Å².